The molecule has 1 aliphatic rings. The molecule has 1 N–H and O–H groups in total. The van der Waals surface area contributed by atoms with Crippen molar-refractivity contribution >= 4 is 40.7 Å². The quantitative estimate of drug-likeness (QED) is 0.397. The summed E-state index contributed by atoms with van der Waals surface area (Å²) in [4.78, 5) is 17.6. The Balaban J connectivity index is 1.91. The van der Waals surface area contributed by atoms with Crippen LogP contribution in [-0.4, -0.2) is 39.7 Å². The van der Waals surface area contributed by atoms with Crippen molar-refractivity contribution in [3.63, 3.8) is 0 Å². The maximum atomic E-state index is 13.7. The van der Waals surface area contributed by atoms with E-state index in [1.54, 1.807) is 41.4 Å². The first-order valence-electron chi connectivity index (χ1n) is 10.6. The SMILES string of the molecule is O=C(NN1CCCCC1)c1nc(-c2ccc(Cl)cc2Cl)n(-c2ccc(Cl)cc2)c1CC(F)(F)F. The van der Waals surface area contributed by atoms with Crippen LogP contribution in [0.2, 0.25) is 15.1 Å². The van der Waals surface area contributed by atoms with Crippen LogP contribution in [0.25, 0.3) is 17.1 Å². The molecule has 1 saturated heterocycles. The largest absolute Gasteiger partial charge is 0.394 e. The van der Waals surface area contributed by atoms with Gasteiger partial charge < -0.3 is 0 Å². The van der Waals surface area contributed by atoms with Crippen molar-refractivity contribution in [2.75, 3.05) is 13.1 Å². The fraction of sp³-hybridized carbons (Fsp3) is 0.304. The van der Waals surface area contributed by atoms with Crippen LogP contribution in [0.15, 0.2) is 42.5 Å². The fourth-order valence-electron chi connectivity index (χ4n) is 3.91. The Labute approximate surface area is 209 Å². The molecule has 0 spiro atoms. The van der Waals surface area contributed by atoms with E-state index in [1.165, 1.54) is 10.6 Å². The predicted octanol–water partition coefficient (Wildman–Crippen LogP) is 6.74. The number of aromatic nitrogens is 2. The van der Waals surface area contributed by atoms with Gasteiger partial charge in [0.25, 0.3) is 5.91 Å². The molecule has 34 heavy (non-hydrogen) atoms. The van der Waals surface area contributed by atoms with Gasteiger partial charge in [0.05, 0.1) is 17.1 Å². The highest BCUT2D eigenvalue weighted by Crippen LogP contribution is 2.35. The zero-order chi connectivity index (χ0) is 24.5. The number of piperidine rings is 1. The summed E-state index contributed by atoms with van der Waals surface area (Å²) in [6, 6.07) is 10.8. The second kappa shape index (κ2) is 10.2. The van der Waals surface area contributed by atoms with E-state index in [1.807, 2.05) is 0 Å². The van der Waals surface area contributed by atoms with E-state index in [9.17, 15) is 18.0 Å². The van der Waals surface area contributed by atoms with Gasteiger partial charge in [-0.15, -0.1) is 0 Å². The van der Waals surface area contributed by atoms with E-state index in [0.717, 1.165) is 19.3 Å². The molecule has 4 rings (SSSR count). The maximum Gasteiger partial charge on any atom is 0.394 e. The molecule has 0 bridgehead atoms. The average molecular weight is 532 g/mol. The lowest BCUT2D eigenvalue weighted by Gasteiger charge is -2.26. The van der Waals surface area contributed by atoms with Crippen LogP contribution >= 0.6 is 34.8 Å². The van der Waals surface area contributed by atoms with Crippen LogP contribution in [0.1, 0.15) is 35.4 Å². The third-order valence-corrected chi connectivity index (χ3v) is 6.23. The molecule has 3 aromatic rings. The number of carbonyl (C=O) groups excluding carboxylic acids is 1. The Kier molecular flexibility index (Phi) is 7.42. The van der Waals surface area contributed by atoms with E-state index < -0.39 is 18.5 Å². The smallest absolute Gasteiger partial charge is 0.296 e. The van der Waals surface area contributed by atoms with Gasteiger partial charge in [-0.05, 0) is 55.3 Å². The zero-order valence-electron chi connectivity index (χ0n) is 17.8. The first-order chi connectivity index (χ1) is 16.1. The number of hydrogen-bond acceptors (Lipinski definition) is 3. The van der Waals surface area contributed by atoms with E-state index in [2.05, 4.69) is 10.4 Å². The molecule has 11 heteroatoms. The van der Waals surface area contributed by atoms with Crippen LogP contribution < -0.4 is 5.43 Å². The highest BCUT2D eigenvalue weighted by atomic mass is 35.5. The highest BCUT2D eigenvalue weighted by molar-refractivity contribution is 6.36. The first kappa shape index (κ1) is 24.9. The molecule has 2 aromatic carbocycles. The average Bonchev–Trinajstić information content (AvgIpc) is 3.12. The normalized spacial score (nSPS) is 14.9. The van der Waals surface area contributed by atoms with Crippen LogP contribution in [0.4, 0.5) is 13.2 Å². The van der Waals surface area contributed by atoms with Crippen molar-refractivity contribution < 1.29 is 18.0 Å². The van der Waals surface area contributed by atoms with Gasteiger partial charge in [0.15, 0.2) is 5.69 Å². The van der Waals surface area contributed by atoms with Gasteiger partial charge in [-0.1, -0.05) is 41.2 Å². The van der Waals surface area contributed by atoms with E-state index in [0.29, 0.717) is 34.4 Å². The summed E-state index contributed by atoms with van der Waals surface area (Å²) in [5, 5.41) is 2.67. The van der Waals surface area contributed by atoms with Crippen LogP contribution in [0, 0.1) is 0 Å². The topological polar surface area (TPSA) is 50.2 Å². The second-order valence-electron chi connectivity index (χ2n) is 7.95. The molecular formula is C23H20Cl3F3N4O. The standard InChI is InChI=1S/C23H20Cl3F3N4O/c24-14-4-7-16(8-5-14)33-19(13-23(27,28)29)20(22(34)31-32-10-2-1-3-11-32)30-21(33)17-9-6-15(25)12-18(17)26/h4-9,12H,1-3,10-11,13H2,(H,31,34). The molecular weight excluding hydrogens is 512 g/mol. The fourth-order valence-corrected chi connectivity index (χ4v) is 4.53. The van der Waals surface area contributed by atoms with Crippen molar-refractivity contribution in [1.82, 2.24) is 20.0 Å². The molecule has 1 amide bonds. The Bertz CT molecular complexity index is 1190. The zero-order valence-corrected chi connectivity index (χ0v) is 20.1. The number of amides is 1. The molecule has 1 aromatic heterocycles. The number of imidazole rings is 1. The molecule has 0 saturated carbocycles. The summed E-state index contributed by atoms with van der Waals surface area (Å²) in [7, 11) is 0. The number of benzene rings is 2. The van der Waals surface area contributed by atoms with Crippen molar-refractivity contribution in [2.24, 2.45) is 0 Å². The number of rotatable bonds is 5. The molecule has 0 aliphatic carbocycles. The number of hydrazine groups is 1. The molecule has 5 nitrogen and oxygen atoms in total. The lowest BCUT2D eigenvalue weighted by Crippen LogP contribution is -2.45. The first-order valence-corrected chi connectivity index (χ1v) is 11.7. The van der Waals surface area contributed by atoms with Gasteiger partial charge >= 0.3 is 6.18 Å². The molecule has 2 heterocycles. The summed E-state index contributed by atoms with van der Waals surface area (Å²) in [6.45, 7) is 1.24. The Morgan fingerprint density at radius 2 is 1.62 bits per heavy atom. The van der Waals surface area contributed by atoms with Gasteiger partial charge in [0.1, 0.15) is 5.82 Å². The Morgan fingerprint density at radius 3 is 2.24 bits per heavy atom. The lowest BCUT2D eigenvalue weighted by molar-refractivity contribution is -0.128. The van der Waals surface area contributed by atoms with Crippen molar-refractivity contribution in [1.29, 1.82) is 0 Å². The highest BCUT2D eigenvalue weighted by Gasteiger charge is 2.35. The number of carbonyl (C=O) groups is 1. The van der Waals surface area contributed by atoms with Crippen LogP contribution in [-0.2, 0) is 6.42 Å². The predicted molar refractivity (Wildman–Crippen MR) is 127 cm³/mol. The van der Waals surface area contributed by atoms with Crippen molar-refractivity contribution in [3.05, 3.63) is 68.9 Å². The molecule has 180 valence electrons. The number of alkyl halides is 3. The summed E-state index contributed by atoms with van der Waals surface area (Å²) >= 11 is 18.4. The number of halogens is 6. The number of nitrogens with one attached hydrogen (secondary N) is 1. The Morgan fingerprint density at radius 1 is 0.971 bits per heavy atom. The summed E-state index contributed by atoms with van der Waals surface area (Å²) in [6.07, 6.45) is -3.14. The summed E-state index contributed by atoms with van der Waals surface area (Å²) in [5.41, 5.74) is 2.78. The van der Waals surface area contributed by atoms with E-state index in [-0.39, 0.29) is 22.2 Å². The molecule has 1 aliphatic heterocycles. The van der Waals surface area contributed by atoms with E-state index >= 15 is 0 Å². The minimum atomic E-state index is -4.59. The monoisotopic (exact) mass is 530 g/mol. The minimum absolute atomic E-state index is 0.0898. The summed E-state index contributed by atoms with van der Waals surface area (Å²) in [5.74, 6) is -0.618. The van der Waals surface area contributed by atoms with E-state index in [4.69, 9.17) is 34.8 Å². The molecule has 0 atom stereocenters. The van der Waals surface area contributed by atoms with Crippen LogP contribution in [0.3, 0.4) is 0 Å². The lowest BCUT2D eigenvalue weighted by atomic mass is 10.1. The molecule has 0 unspecified atom stereocenters. The van der Waals surface area contributed by atoms with Crippen molar-refractivity contribution in [3.8, 4) is 17.1 Å². The Hall–Kier alpha value is -2.26. The van der Waals surface area contributed by atoms with Crippen molar-refractivity contribution in [2.45, 2.75) is 31.9 Å². The number of nitrogens with zero attached hydrogens (tertiary/aromatic N) is 3. The number of hydrogen-bond donors (Lipinski definition) is 1. The van der Waals surface area contributed by atoms with Crippen LogP contribution in [0.5, 0.6) is 0 Å². The second-order valence-corrected chi connectivity index (χ2v) is 9.23. The third-order valence-electron chi connectivity index (χ3n) is 5.43. The van der Waals surface area contributed by atoms with Gasteiger partial charge in [-0.3, -0.25) is 14.8 Å². The molecule has 0 radical (unpaired) electrons. The van der Waals surface area contributed by atoms with Gasteiger partial charge in [0, 0.05) is 34.4 Å². The van der Waals surface area contributed by atoms with Gasteiger partial charge in [-0.25, -0.2) is 9.99 Å². The molecule has 1 fully saturated rings. The van der Waals surface area contributed by atoms with Gasteiger partial charge in [0.2, 0.25) is 0 Å². The summed E-state index contributed by atoms with van der Waals surface area (Å²) < 4.78 is 42.4. The minimum Gasteiger partial charge on any atom is -0.296 e. The van der Waals surface area contributed by atoms with Gasteiger partial charge in [-0.2, -0.15) is 13.2 Å². The maximum absolute atomic E-state index is 13.7. The third kappa shape index (κ3) is 5.68.